The minimum Gasteiger partial charge on any atom is -0.296 e. The molecule has 0 unspecified atom stereocenters. The number of carbonyl (C=O) groups excluding carboxylic acids is 1. The molecule has 5 heteroatoms. The van der Waals surface area contributed by atoms with Crippen LogP contribution in [0, 0.1) is 0 Å². The Morgan fingerprint density at radius 1 is 1.27 bits per heavy atom. The Morgan fingerprint density at radius 2 is 1.73 bits per heavy atom. The summed E-state index contributed by atoms with van der Waals surface area (Å²) >= 11 is 0. The third kappa shape index (κ3) is 1.95. The first kappa shape index (κ1) is 12.6. The molecule has 0 atom stereocenters. The number of likely N-dealkylation sites (N-methyl/N-ethyl adjacent to an activating group) is 1. The predicted molar refractivity (Wildman–Crippen MR) is 59.1 cm³/mol. The molecule has 1 heterocycles. The average Bonchev–Trinajstić information content (AvgIpc) is 2.29. The normalized spacial score (nSPS) is 24.6. The number of rotatable bonds is 4. The van der Waals surface area contributed by atoms with Crippen LogP contribution < -0.4 is 0 Å². The molecule has 4 nitrogen and oxygen atoms in total. The first-order valence-electron chi connectivity index (χ1n) is 5.40. The molecule has 0 bridgehead atoms. The molecule has 0 radical (unpaired) electrons. The van der Waals surface area contributed by atoms with E-state index in [2.05, 4.69) is 0 Å². The molecule has 0 amide bonds. The molecule has 1 saturated heterocycles. The minimum atomic E-state index is -3.34. The Bertz CT molecular complexity index is 342. The highest BCUT2D eigenvalue weighted by atomic mass is 32.2. The molecular formula is C10H19NO3S. The fraction of sp³-hybridized carbons (Fsp3) is 0.900. The molecule has 0 aromatic rings. The molecule has 0 aromatic carbocycles. The standard InChI is InChI=1S/C10H19NO3S/c1-4-6-10(7-5-2)9(12)8-15(13,14)11(10)3/h4-8H2,1-3H3. The summed E-state index contributed by atoms with van der Waals surface area (Å²) in [6, 6.07) is 0. The number of nitrogens with zero attached hydrogens (tertiary/aromatic N) is 1. The van der Waals surface area contributed by atoms with Gasteiger partial charge in [0.05, 0.1) is 5.54 Å². The van der Waals surface area contributed by atoms with Crippen LogP contribution in [0.2, 0.25) is 0 Å². The van der Waals surface area contributed by atoms with Crippen molar-refractivity contribution in [1.82, 2.24) is 4.31 Å². The second kappa shape index (κ2) is 4.22. The van der Waals surface area contributed by atoms with E-state index >= 15 is 0 Å². The van der Waals surface area contributed by atoms with Gasteiger partial charge in [0.2, 0.25) is 10.0 Å². The highest BCUT2D eigenvalue weighted by Gasteiger charge is 2.52. The zero-order valence-corrected chi connectivity index (χ0v) is 10.4. The topological polar surface area (TPSA) is 54.5 Å². The quantitative estimate of drug-likeness (QED) is 0.732. The Balaban J connectivity index is 3.12. The van der Waals surface area contributed by atoms with Gasteiger partial charge in [-0.25, -0.2) is 8.42 Å². The molecule has 0 spiro atoms. The monoisotopic (exact) mass is 233 g/mol. The third-order valence-electron chi connectivity index (χ3n) is 3.18. The van der Waals surface area contributed by atoms with E-state index in [1.807, 2.05) is 13.8 Å². The lowest BCUT2D eigenvalue weighted by atomic mass is 9.85. The van der Waals surface area contributed by atoms with Gasteiger partial charge >= 0.3 is 0 Å². The number of ketones is 1. The lowest BCUT2D eigenvalue weighted by Crippen LogP contribution is -2.47. The molecule has 1 aliphatic rings. The van der Waals surface area contributed by atoms with E-state index in [-0.39, 0.29) is 11.5 Å². The third-order valence-corrected chi connectivity index (χ3v) is 4.99. The Morgan fingerprint density at radius 3 is 2.00 bits per heavy atom. The van der Waals surface area contributed by atoms with E-state index < -0.39 is 15.6 Å². The van der Waals surface area contributed by atoms with Crippen molar-refractivity contribution in [2.45, 2.75) is 45.1 Å². The summed E-state index contributed by atoms with van der Waals surface area (Å²) in [5, 5.41) is 0. The Labute approximate surface area is 91.7 Å². The van der Waals surface area contributed by atoms with Gasteiger partial charge in [0, 0.05) is 7.05 Å². The Hall–Kier alpha value is -0.420. The van der Waals surface area contributed by atoms with Crippen LogP contribution in [0.3, 0.4) is 0 Å². The summed E-state index contributed by atoms with van der Waals surface area (Å²) in [6.45, 7) is 3.95. The van der Waals surface area contributed by atoms with Crippen LogP contribution in [0.15, 0.2) is 0 Å². The molecule has 88 valence electrons. The maximum atomic E-state index is 11.9. The summed E-state index contributed by atoms with van der Waals surface area (Å²) in [7, 11) is -1.81. The van der Waals surface area contributed by atoms with E-state index in [0.29, 0.717) is 12.8 Å². The number of sulfonamides is 1. The van der Waals surface area contributed by atoms with Gasteiger partial charge in [0.1, 0.15) is 5.75 Å². The smallest absolute Gasteiger partial charge is 0.221 e. The minimum absolute atomic E-state index is 0.131. The van der Waals surface area contributed by atoms with Crippen LogP contribution in [0.25, 0.3) is 0 Å². The first-order chi connectivity index (χ1) is 6.90. The van der Waals surface area contributed by atoms with Gasteiger partial charge in [-0.3, -0.25) is 4.79 Å². The molecule has 0 aliphatic carbocycles. The van der Waals surface area contributed by atoms with Crippen LogP contribution in [-0.2, 0) is 14.8 Å². The summed E-state index contributed by atoms with van der Waals surface area (Å²) in [4.78, 5) is 11.9. The predicted octanol–water partition coefficient (Wildman–Crippen LogP) is 1.17. The summed E-state index contributed by atoms with van der Waals surface area (Å²) in [5.41, 5.74) is -0.748. The number of hydrogen-bond acceptors (Lipinski definition) is 3. The molecular weight excluding hydrogens is 214 g/mol. The summed E-state index contributed by atoms with van der Waals surface area (Å²) in [6.07, 6.45) is 2.92. The zero-order valence-electron chi connectivity index (χ0n) is 9.62. The van der Waals surface area contributed by atoms with Gasteiger partial charge in [0.15, 0.2) is 5.78 Å². The van der Waals surface area contributed by atoms with Crippen molar-refractivity contribution >= 4 is 15.8 Å². The fourth-order valence-electron chi connectivity index (χ4n) is 2.38. The summed E-state index contributed by atoms with van der Waals surface area (Å²) in [5.74, 6) is -0.447. The summed E-state index contributed by atoms with van der Waals surface area (Å²) < 4.78 is 24.6. The van der Waals surface area contributed by atoms with Gasteiger partial charge in [-0.15, -0.1) is 0 Å². The molecule has 0 saturated carbocycles. The lowest BCUT2D eigenvalue weighted by Gasteiger charge is -2.32. The van der Waals surface area contributed by atoms with Crippen LogP contribution in [0.1, 0.15) is 39.5 Å². The SMILES string of the molecule is CCCC1(CCC)C(=O)CS(=O)(=O)N1C. The van der Waals surface area contributed by atoms with Crippen molar-refractivity contribution in [3.63, 3.8) is 0 Å². The second-order valence-electron chi connectivity index (χ2n) is 4.18. The average molecular weight is 233 g/mol. The zero-order chi connectivity index (χ0) is 11.7. The second-order valence-corrected chi connectivity index (χ2v) is 6.18. The van der Waals surface area contributed by atoms with Gasteiger partial charge in [-0.2, -0.15) is 4.31 Å². The highest BCUT2D eigenvalue weighted by molar-refractivity contribution is 7.90. The van der Waals surface area contributed by atoms with Crippen molar-refractivity contribution in [2.24, 2.45) is 0 Å². The van der Waals surface area contributed by atoms with Crippen molar-refractivity contribution in [3.05, 3.63) is 0 Å². The van der Waals surface area contributed by atoms with Crippen LogP contribution in [-0.4, -0.2) is 36.8 Å². The Kier molecular flexibility index (Phi) is 3.55. The largest absolute Gasteiger partial charge is 0.296 e. The van der Waals surface area contributed by atoms with Crippen LogP contribution in [0.4, 0.5) is 0 Å². The van der Waals surface area contributed by atoms with E-state index in [9.17, 15) is 13.2 Å². The number of Topliss-reactive ketones (excluding diaryl/α,β-unsaturated/α-hetero) is 1. The van der Waals surface area contributed by atoms with Gasteiger partial charge < -0.3 is 0 Å². The fourth-order valence-corrected chi connectivity index (χ4v) is 4.00. The van der Waals surface area contributed by atoms with Crippen molar-refractivity contribution < 1.29 is 13.2 Å². The molecule has 1 fully saturated rings. The maximum Gasteiger partial charge on any atom is 0.221 e. The molecule has 1 rings (SSSR count). The van der Waals surface area contributed by atoms with E-state index in [1.54, 1.807) is 0 Å². The molecule has 0 N–H and O–H groups in total. The van der Waals surface area contributed by atoms with E-state index in [0.717, 1.165) is 12.8 Å². The van der Waals surface area contributed by atoms with E-state index in [1.165, 1.54) is 11.4 Å². The van der Waals surface area contributed by atoms with Crippen molar-refractivity contribution in [2.75, 3.05) is 12.8 Å². The number of hydrogen-bond donors (Lipinski definition) is 0. The lowest BCUT2D eigenvalue weighted by molar-refractivity contribution is -0.124. The highest BCUT2D eigenvalue weighted by Crippen LogP contribution is 2.35. The molecule has 15 heavy (non-hydrogen) atoms. The maximum absolute atomic E-state index is 11.9. The van der Waals surface area contributed by atoms with Gasteiger partial charge in [-0.1, -0.05) is 26.7 Å². The van der Waals surface area contributed by atoms with Crippen molar-refractivity contribution in [3.8, 4) is 0 Å². The van der Waals surface area contributed by atoms with Gasteiger partial charge in [-0.05, 0) is 12.8 Å². The van der Waals surface area contributed by atoms with Gasteiger partial charge in [0.25, 0.3) is 0 Å². The first-order valence-corrected chi connectivity index (χ1v) is 7.01. The van der Waals surface area contributed by atoms with E-state index in [4.69, 9.17) is 0 Å². The van der Waals surface area contributed by atoms with Crippen molar-refractivity contribution in [1.29, 1.82) is 0 Å². The van der Waals surface area contributed by atoms with Crippen LogP contribution >= 0.6 is 0 Å². The van der Waals surface area contributed by atoms with Crippen LogP contribution in [0.5, 0.6) is 0 Å². The molecule has 1 aliphatic heterocycles. The number of carbonyl (C=O) groups is 1. The molecule has 0 aromatic heterocycles.